The standard InChI is InChI=1S/C30H37F4N3O3S/c31-24-12-15-36(16-13-24)20-21-10-11-27-22(17-21)5-3-9-28(27)35-29(38)19-25-7-1-2-14-37(25)41(39,40)26-8-4-6-23(18-26)30(32,33)34/h4,6,8,10-11,17-18,24-25,28H,1-3,5,7,9,12-16,19-20H2,(H,35,38)/t25-,28+/m0/s1. The first-order valence-electron chi connectivity index (χ1n) is 14.5. The molecular weight excluding hydrogens is 558 g/mol. The van der Waals surface area contributed by atoms with Gasteiger partial charge in [0, 0.05) is 38.6 Å². The highest BCUT2D eigenvalue weighted by Gasteiger charge is 2.37. The highest BCUT2D eigenvalue weighted by molar-refractivity contribution is 7.89. The van der Waals surface area contributed by atoms with Gasteiger partial charge in [-0.15, -0.1) is 0 Å². The van der Waals surface area contributed by atoms with E-state index in [2.05, 4.69) is 28.4 Å². The fourth-order valence-electron chi connectivity index (χ4n) is 6.36. The molecule has 2 aliphatic heterocycles. The summed E-state index contributed by atoms with van der Waals surface area (Å²) >= 11 is 0. The molecule has 41 heavy (non-hydrogen) atoms. The van der Waals surface area contributed by atoms with Gasteiger partial charge >= 0.3 is 6.18 Å². The molecule has 1 N–H and O–H groups in total. The van der Waals surface area contributed by atoms with Crippen molar-refractivity contribution in [3.8, 4) is 0 Å². The van der Waals surface area contributed by atoms with E-state index in [9.17, 15) is 30.8 Å². The van der Waals surface area contributed by atoms with Crippen molar-refractivity contribution in [2.75, 3.05) is 19.6 Å². The maximum Gasteiger partial charge on any atom is 0.416 e. The Hall–Kier alpha value is -2.50. The first-order valence-corrected chi connectivity index (χ1v) is 15.9. The summed E-state index contributed by atoms with van der Waals surface area (Å²) in [7, 11) is -4.21. The smallest absolute Gasteiger partial charge is 0.349 e. The van der Waals surface area contributed by atoms with Gasteiger partial charge in [0.1, 0.15) is 6.17 Å². The van der Waals surface area contributed by atoms with Gasteiger partial charge in [0.2, 0.25) is 15.9 Å². The molecule has 1 amide bonds. The molecule has 0 unspecified atom stereocenters. The van der Waals surface area contributed by atoms with Crippen LogP contribution in [0.15, 0.2) is 47.4 Å². The Morgan fingerprint density at radius 2 is 1.73 bits per heavy atom. The number of rotatable bonds is 7. The summed E-state index contributed by atoms with van der Waals surface area (Å²) in [6, 6.07) is 9.28. The second-order valence-electron chi connectivity index (χ2n) is 11.5. The Morgan fingerprint density at radius 1 is 0.951 bits per heavy atom. The first kappa shape index (κ1) is 30.0. The number of fused-ring (bicyclic) bond motifs is 1. The zero-order chi connectivity index (χ0) is 29.2. The van der Waals surface area contributed by atoms with Crippen LogP contribution in [0.2, 0.25) is 0 Å². The van der Waals surface area contributed by atoms with Gasteiger partial charge in [0.25, 0.3) is 0 Å². The molecule has 0 radical (unpaired) electrons. The van der Waals surface area contributed by atoms with E-state index in [4.69, 9.17) is 0 Å². The summed E-state index contributed by atoms with van der Waals surface area (Å²) in [5.74, 6) is -0.267. The number of carbonyl (C=O) groups is 1. The van der Waals surface area contributed by atoms with E-state index in [0.717, 1.165) is 63.0 Å². The van der Waals surface area contributed by atoms with Crippen molar-refractivity contribution in [1.82, 2.24) is 14.5 Å². The first-order chi connectivity index (χ1) is 19.5. The summed E-state index contributed by atoms with van der Waals surface area (Å²) in [4.78, 5) is 15.1. The molecular formula is C30H37F4N3O3S. The molecule has 0 spiro atoms. The summed E-state index contributed by atoms with van der Waals surface area (Å²) in [5, 5.41) is 3.11. The van der Waals surface area contributed by atoms with Gasteiger partial charge < -0.3 is 5.32 Å². The average Bonchev–Trinajstić information content (AvgIpc) is 2.94. The van der Waals surface area contributed by atoms with Crippen LogP contribution in [-0.2, 0) is 34.0 Å². The fourth-order valence-corrected chi connectivity index (χ4v) is 8.10. The zero-order valence-corrected chi connectivity index (χ0v) is 23.8. The third kappa shape index (κ3) is 7.11. The third-order valence-corrected chi connectivity index (χ3v) is 10.5. The molecule has 2 fully saturated rings. The van der Waals surface area contributed by atoms with E-state index in [1.807, 2.05) is 0 Å². The number of hydrogen-bond acceptors (Lipinski definition) is 4. The molecule has 2 aromatic carbocycles. The number of amides is 1. The summed E-state index contributed by atoms with van der Waals surface area (Å²) in [6.07, 6.45) is 0.114. The fraction of sp³-hybridized carbons (Fsp3) is 0.567. The zero-order valence-electron chi connectivity index (χ0n) is 23.0. The van der Waals surface area contributed by atoms with Crippen LogP contribution >= 0.6 is 0 Å². The lowest BCUT2D eigenvalue weighted by Crippen LogP contribution is -2.46. The largest absolute Gasteiger partial charge is 0.416 e. The van der Waals surface area contributed by atoms with Crippen molar-refractivity contribution >= 4 is 15.9 Å². The Bertz CT molecular complexity index is 1340. The van der Waals surface area contributed by atoms with E-state index in [0.29, 0.717) is 31.7 Å². The number of piperidine rings is 2. The predicted molar refractivity (Wildman–Crippen MR) is 147 cm³/mol. The molecule has 5 rings (SSSR count). The minimum absolute atomic E-state index is 0.0490. The van der Waals surface area contributed by atoms with Gasteiger partial charge in [0.15, 0.2) is 0 Å². The summed E-state index contributed by atoms with van der Waals surface area (Å²) in [5.41, 5.74) is 2.40. The Balaban J connectivity index is 1.25. The van der Waals surface area contributed by atoms with E-state index in [-0.39, 0.29) is 24.9 Å². The van der Waals surface area contributed by atoms with Crippen molar-refractivity contribution in [2.24, 2.45) is 0 Å². The molecule has 224 valence electrons. The lowest BCUT2D eigenvalue weighted by molar-refractivity contribution is -0.137. The van der Waals surface area contributed by atoms with E-state index >= 15 is 0 Å². The predicted octanol–water partition coefficient (Wildman–Crippen LogP) is 5.77. The van der Waals surface area contributed by atoms with Crippen LogP contribution in [0.4, 0.5) is 17.6 Å². The molecule has 0 aromatic heterocycles. The van der Waals surface area contributed by atoms with E-state index in [1.165, 1.54) is 21.5 Å². The number of likely N-dealkylation sites (tertiary alicyclic amines) is 1. The molecule has 11 heteroatoms. The third-order valence-electron chi connectivity index (χ3n) is 8.54. The summed E-state index contributed by atoms with van der Waals surface area (Å²) in [6.45, 7) is 2.43. The Kier molecular flexibility index (Phi) is 9.06. The molecule has 2 aromatic rings. The average molecular weight is 596 g/mol. The van der Waals surface area contributed by atoms with Crippen LogP contribution in [0.25, 0.3) is 0 Å². The van der Waals surface area contributed by atoms with Gasteiger partial charge in [-0.1, -0.05) is 30.7 Å². The highest BCUT2D eigenvalue weighted by atomic mass is 32.2. The molecule has 0 bridgehead atoms. The number of hydrogen-bond donors (Lipinski definition) is 1. The lowest BCUT2D eigenvalue weighted by atomic mass is 9.86. The quantitative estimate of drug-likeness (QED) is 0.413. The van der Waals surface area contributed by atoms with Crippen molar-refractivity contribution in [3.63, 3.8) is 0 Å². The van der Waals surface area contributed by atoms with Crippen LogP contribution in [0, 0.1) is 0 Å². The minimum Gasteiger partial charge on any atom is -0.349 e. The van der Waals surface area contributed by atoms with E-state index < -0.39 is 38.9 Å². The molecule has 6 nitrogen and oxygen atoms in total. The maximum absolute atomic E-state index is 13.5. The molecule has 2 heterocycles. The van der Waals surface area contributed by atoms with Crippen LogP contribution in [0.1, 0.15) is 79.7 Å². The van der Waals surface area contributed by atoms with Gasteiger partial charge in [-0.05, 0) is 79.8 Å². The van der Waals surface area contributed by atoms with Gasteiger partial charge in [0.05, 0.1) is 16.5 Å². The van der Waals surface area contributed by atoms with Crippen LogP contribution in [-0.4, -0.2) is 55.4 Å². The summed E-state index contributed by atoms with van der Waals surface area (Å²) < 4.78 is 81.2. The normalized spacial score (nSPS) is 23.2. The second-order valence-corrected chi connectivity index (χ2v) is 13.4. The van der Waals surface area contributed by atoms with Crippen LogP contribution in [0.5, 0.6) is 0 Å². The van der Waals surface area contributed by atoms with Crippen molar-refractivity contribution in [1.29, 1.82) is 0 Å². The van der Waals surface area contributed by atoms with Crippen molar-refractivity contribution < 1.29 is 30.8 Å². The SMILES string of the molecule is O=C(C[C@@H]1CCCCN1S(=O)(=O)c1cccc(C(F)(F)F)c1)N[C@@H]1CCCc2cc(CN3CCC(F)CC3)ccc21. The lowest BCUT2D eigenvalue weighted by Gasteiger charge is -2.35. The number of carbonyl (C=O) groups excluding carboxylic acids is 1. The highest BCUT2D eigenvalue weighted by Crippen LogP contribution is 2.34. The molecule has 2 atom stereocenters. The number of aryl methyl sites for hydroxylation is 1. The van der Waals surface area contributed by atoms with Crippen LogP contribution in [0.3, 0.4) is 0 Å². The molecule has 3 aliphatic rings. The topological polar surface area (TPSA) is 69.7 Å². The van der Waals surface area contributed by atoms with Gasteiger partial charge in [-0.2, -0.15) is 17.5 Å². The van der Waals surface area contributed by atoms with Gasteiger partial charge in [-0.3, -0.25) is 9.69 Å². The maximum atomic E-state index is 13.5. The number of benzene rings is 2. The molecule has 2 saturated heterocycles. The number of sulfonamides is 1. The number of nitrogens with one attached hydrogen (secondary N) is 1. The molecule has 1 aliphatic carbocycles. The van der Waals surface area contributed by atoms with Gasteiger partial charge in [-0.25, -0.2) is 12.8 Å². The number of nitrogens with zero attached hydrogens (tertiary/aromatic N) is 2. The van der Waals surface area contributed by atoms with E-state index in [1.54, 1.807) is 0 Å². The number of alkyl halides is 4. The van der Waals surface area contributed by atoms with Crippen LogP contribution < -0.4 is 5.32 Å². The van der Waals surface area contributed by atoms with Crippen molar-refractivity contribution in [3.05, 3.63) is 64.7 Å². The second kappa shape index (κ2) is 12.4. The monoisotopic (exact) mass is 595 g/mol. The Morgan fingerprint density at radius 3 is 2.49 bits per heavy atom. The Labute approximate surface area is 239 Å². The minimum atomic E-state index is -4.66. The molecule has 0 saturated carbocycles. The van der Waals surface area contributed by atoms with Crippen molar-refractivity contribution in [2.45, 2.75) is 93.7 Å². The number of halogens is 4.